The molecule has 3 nitrogen and oxygen atoms in total. The van der Waals surface area contributed by atoms with Gasteiger partial charge < -0.3 is 10.6 Å². The molecule has 0 saturated carbocycles. The first-order valence-electron chi connectivity index (χ1n) is 5.80. The van der Waals surface area contributed by atoms with E-state index in [-0.39, 0.29) is 5.91 Å². The molecule has 16 heavy (non-hydrogen) atoms. The zero-order valence-electron chi connectivity index (χ0n) is 10.0. The third kappa shape index (κ3) is 4.03. The molecule has 1 rings (SSSR count). The number of hydrogen-bond donors (Lipinski definition) is 2. The molecule has 88 valence electrons. The zero-order chi connectivity index (χ0) is 11.8. The van der Waals surface area contributed by atoms with Crippen molar-refractivity contribution in [2.45, 2.75) is 20.3 Å². The maximum atomic E-state index is 11.8. The number of carbonyl (C=O) groups excluding carboxylic acids is 1. The lowest BCUT2D eigenvalue weighted by Crippen LogP contribution is -2.27. The van der Waals surface area contributed by atoms with Gasteiger partial charge >= 0.3 is 0 Å². The van der Waals surface area contributed by atoms with Crippen LogP contribution in [-0.2, 0) is 0 Å². The van der Waals surface area contributed by atoms with E-state index in [1.165, 1.54) is 0 Å². The molecule has 0 bridgehead atoms. The molecule has 0 fully saturated rings. The van der Waals surface area contributed by atoms with Crippen molar-refractivity contribution >= 4 is 5.91 Å². The van der Waals surface area contributed by atoms with E-state index in [9.17, 15) is 4.79 Å². The maximum absolute atomic E-state index is 11.8. The van der Waals surface area contributed by atoms with Gasteiger partial charge in [0.2, 0.25) is 0 Å². The third-order valence-corrected chi connectivity index (χ3v) is 2.46. The number of nitrogens with one attached hydrogen (secondary N) is 2. The van der Waals surface area contributed by atoms with Gasteiger partial charge in [-0.3, -0.25) is 4.79 Å². The van der Waals surface area contributed by atoms with Crippen LogP contribution in [0, 0.1) is 6.92 Å². The van der Waals surface area contributed by atoms with E-state index >= 15 is 0 Å². The molecule has 2 N–H and O–H groups in total. The highest BCUT2D eigenvalue weighted by molar-refractivity contribution is 5.95. The topological polar surface area (TPSA) is 41.1 Å². The first-order valence-corrected chi connectivity index (χ1v) is 5.80. The fraction of sp³-hybridized carbons (Fsp3) is 0.462. The normalized spacial score (nSPS) is 10.1. The van der Waals surface area contributed by atoms with E-state index in [2.05, 4.69) is 17.6 Å². The first kappa shape index (κ1) is 12.7. The summed E-state index contributed by atoms with van der Waals surface area (Å²) < 4.78 is 0. The SMILES string of the molecule is CCNCCCNC(=O)c1ccccc1C. The number of amides is 1. The van der Waals surface area contributed by atoms with E-state index in [4.69, 9.17) is 0 Å². The Kier molecular flexibility index (Phi) is 5.57. The molecule has 0 spiro atoms. The molecule has 1 aromatic carbocycles. The molecule has 0 saturated heterocycles. The Labute approximate surface area is 97.2 Å². The average molecular weight is 220 g/mol. The molecule has 3 heteroatoms. The Balaban J connectivity index is 2.33. The lowest BCUT2D eigenvalue weighted by molar-refractivity contribution is 0.0952. The summed E-state index contributed by atoms with van der Waals surface area (Å²) in [7, 11) is 0. The molecule has 0 aliphatic carbocycles. The quantitative estimate of drug-likeness (QED) is 0.717. The molecule has 0 atom stereocenters. The molecular weight excluding hydrogens is 200 g/mol. The molecule has 0 radical (unpaired) electrons. The fourth-order valence-corrected chi connectivity index (χ4v) is 1.51. The Bertz CT molecular complexity index is 336. The number of rotatable bonds is 6. The first-order chi connectivity index (χ1) is 7.75. The average Bonchev–Trinajstić information content (AvgIpc) is 2.29. The molecule has 0 aliphatic heterocycles. The predicted molar refractivity (Wildman–Crippen MR) is 66.7 cm³/mol. The van der Waals surface area contributed by atoms with Gasteiger partial charge in [-0.1, -0.05) is 25.1 Å². The van der Waals surface area contributed by atoms with Crippen molar-refractivity contribution in [1.29, 1.82) is 0 Å². The number of carbonyl (C=O) groups is 1. The van der Waals surface area contributed by atoms with Crippen LogP contribution in [-0.4, -0.2) is 25.5 Å². The Morgan fingerprint density at radius 3 is 2.69 bits per heavy atom. The Hall–Kier alpha value is -1.35. The van der Waals surface area contributed by atoms with Gasteiger partial charge in [-0.15, -0.1) is 0 Å². The van der Waals surface area contributed by atoms with Crippen molar-refractivity contribution < 1.29 is 4.79 Å². The highest BCUT2D eigenvalue weighted by Crippen LogP contribution is 2.06. The van der Waals surface area contributed by atoms with Crippen LogP contribution in [0.1, 0.15) is 29.3 Å². The van der Waals surface area contributed by atoms with Crippen LogP contribution in [0.5, 0.6) is 0 Å². The smallest absolute Gasteiger partial charge is 0.251 e. The summed E-state index contributed by atoms with van der Waals surface area (Å²) in [6.45, 7) is 6.68. The molecule has 1 amide bonds. The van der Waals surface area contributed by atoms with E-state index in [1.807, 2.05) is 31.2 Å². The second-order valence-electron chi connectivity index (χ2n) is 3.78. The monoisotopic (exact) mass is 220 g/mol. The van der Waals surface area contributed by atoms with Crippen LogP contribution in [0.2, 0.25) is 0 Å². The summed E-state index contributed by atoms with van der Waals surface area (Å²) >= 11 is 0. The van der Waals surface area contributed by atoms with E-state index < -0.39 is 0 Å². The molecule has 1 aromatic rings. The summed E-state index contributed by atoms with van der Waals surface area (Å²) in [6.07, 6.45) is 0.964. The summed E-state index contributed by atoms with van der Waals surface area (Å²) in [5.74, 6) is 0.0228. The minimum absolute atomic E-state index is 0.0228. The van der Waals surface area contributed by atoms with Gasteiger partial charge in [0.1, 0.15) is 0 Å². The van der Waals surface area contributed by atoms with Gasteiger partial charge in [-0.2, -0.15) is 0 Å². The molecule has 0 aromatic heterocycles. The van der Waals surface area contributed by atoms with Gasteiger partial charge in [-0.25, -0.2) is 0 Å². The molecule has 0 aliphatic rings. The fourth-order valence-electron chi connectivity index (χ4n) is 1.51. The molecular formula is C13H20N2O. The van der Waals surface area contributed by atoms with Gasteiger partial charge in [-0.05, 0) is 38.1 Å². The summed E-state index contributed by atoms with van der Waals surface area (Å²) in [5, 5.41) is 6.14. The van der Waals surface area contributed by atoms with Crippen molar-refractivity contribution in [1.82, 2.24) is 10.6 Å². The van der Waals surface area contributed by atoms with Crippen molar-refractivity contribution in [2.24, 2.45) is 0 Å². The Morgan fingerprint density at radius 2 is 2.00 bits per heavy atom. The summed E-state index contributed by atoms with van der Waals surface area (Å²) in [5.41, 5.74) is 1.79. The second-order valence-corrected chi connectivity index (χ2v) is 3.78. The third-order valence-electron chi connectivity index (χ3n) is 2.46. The van der Waals surface area contributed by atoms with Gasteiger partial charge in [0.25, 0.3) is 5.91 Å². The van der Waals surface area contributed by atoms with Gasteiger partial charge in [0, 0.05) is 12.1 Å². The van der Waals surface area contributed by atoms with Crippen LogP contribution >= 0.6 is 0 Å². The Morgan fingerprint density at radius 1 is 1.25 bits per heavy atom. The lowest BCUT2D eigenvalue weighted by atomic mass is 10.1. The van der Waals surface area contributed by atoms with E-state index in [0.717, 1.165) is 37.2 Å². The van der Waals surface area contributed by atoms with E-state index in [0.29, 0.717) is 0 Å². The number of benzene rings is 1. The molecule has 0 heterocycles. The number of hydrogen-bond acceptors (Lipinski definition) is 2. The highest BCUT2D eigenvalue weighted by Gasteiger charge is 2.06. The minimum atomic E-state index is 0.0228. The van der Waals surface area contributed by atoms with Crippen LogP contribution in [0.3, 0.4) is 0 Å². The standard InChI is InChI=1S/C13H20N2O/c1-3-14-9-6-10-15-13(16)12-8-5-4-7-11(12)2/h4-5,7-8,14H,3,6,9-10H2,1-2H3,(H,15,16). The lowest BCUT2D eigenvalue weighted by Gasteiger charge is -2.07. The van der Waals surface area contributed by atoms with Crippen LogP contribution in [0.4, 0.5) is 0 Å². The summed E-state index contributed by atoms with van der Waals surface area (Å²) in [4.78, 5) is 11.8. The second kappa shape index (κ2) is 7.01. The van der Waals surface area contributed by atoms with Gasteiger partial charge in [0.15, 0.2) is 0 Å². The largest absolute Gasteiger partial charge is 0.352 e. The predicted octanol–water partition coefficient (Wildman–Crippen LogP) is 1.72. The van der Waals surface area contributed by atoms with Crippen molar-refractivity contribution in [3.8, 4) is 0 Å². The van der Waals surface area contributed by atoms with Crippen LogP contribution < -0.4 is 10.6 Å². The zero-order valence-corrected chi connectivity index (χ0v) is 10.0. The summed E-state index contributed by atoms with van der Waals surface area (Å²) in [6, 6.07) is 7.64. The van der Waals surface area contributed by atoms with Crippen molar-refractivity contribution in [3.63, 3.8) is 0 Å². The molecule has 0 unspecified atom stereocenters. The maximum Gasteiger partial charge on any atom is 0.251 e. The van der Waals surface area contributed by atoms with Crippen molar-refractivity contribution in [2.75, 3.05) is 19.6 Å². The minimum Gasteiger partial charge on any atom is -0.352 e. The number of aryl methyl sites for hydroxylation is 1. The van der Waals surface area contributed by atoms with Gasteiger partial charge in [0.05, 0.1) is 0 Å². The van der Waals surface area contributed by atoms with Crippen molar-refractivity contribution in [3.05, 3.63) is 35.4 Å². The van der Waals surface area contributed by atoms with E-state index in [1.54, 1.807) is 0 Å². The highest BCUT2D eigenvalue weighted by atomic mass is 16.1. The van der Waals surface area contributed by atoms with Crippen LogP contribution in [0.25, 0.3) is 0 Å². The van der Waals surface area contributed by atoms with Crippen LogP contribution in [0.15, 0.2) is 24.3 Å².